The molecule has 0 atom stereocenters. The van der Waals surface area contributed by atoms with Gasteiger partial charge in [0.15, 0.2) is 6.61 Å². The Bertz CT molecular complexity index is 706. The summed E-state index contributed by atoms with van der Waals surface area (Å²) in [4.78, 5) is 11.6. The van der Waals surface area contributed by atoms with E-state index in [0.29, 0.717) is 15.8 Å². The minimum atomic E-state index is -0.270. The largest absolute Gasteiger partial charge is 0.482 e. The molecule has 0 bridgehead atoms. The minimum Gasteiger partial charge on any atom is -0.482 e. The molecule has 3 nitrogen and oxygen atoms in total. The standard InChI is InChI=1S/C17H13Cl2NO2/c18-14-8-9-16(15(19)11-14)22-12-17(21)20-10-4-7-13-5-2-1-3-6-13/h1-3,5-6,8-9,11H,10,12H2,(H,20,21). The molecule has 2 rings (SSSR count). The van der Waals surface area contributed by atoms with E-state index in [-0.39, 0.29) is 19.1 Å². The summed E-state index contributed by atoms with van der Waals surface area (Å²) in [6.07, 6.45) is 0. The fourth-order valence-electron chi connectivity index (χ4n) is 1.60. The summed E-state index contributed by atoms with van der Waals surface area (Å²) in [7, 11) is 0. The van der Waals surface area contributed by atoms with Crippen LogP contribution in [-0.4, -0.2) is 19.1 Å². The number of rotatable bonds is 4. The lowest BCUT2D eigenvalue weighted by molar-refractivity contribution is -0.122. The number of ether oxygens (including phenoxy) is 1. The summed E-state index contributed by atoms with van der Waals surface area (Å²) >= 11 is 11.7. The van der Waals surface area contributed by atoms with Crippen molar-refractivity contribution in [1.29, 1.82) is 0 Å². The number of amides is 1. The first-order valence-electron chi connectivity index (χ1n) is 6.53. The zero-order chi connectivity index (χ0) is 15.8. The lowest BCUT2D eigenvalue weighted by Gasteiger charge is -2.07. The second-order valence-electron chi connectivity index (χ2n) is 4.31. The molecule has 0 heterocycles. The number of halogens is 2. The molecule has 0 saturated carbocycles. The summed E-state index contributed by atoms with van der Waals surface area (Å²) in [5.74, 6) is 5.96. The maximum atomic E-state index is 11.6. The number of nitrogens with one attached hydrogen (secondary N) is 1. The van der Waals surface area contributed by atoms with Gasteiger partial charge in [0.05, 0.1) is 11.6 Å². The van der Waals surface area contributed by atoms with Gasteiger partial charge >= 0.3 is 0 Å². The van der Waals surface area contributed by atoms with Crippen LogP contribution in [0.25, 0.3) is 0 Å². The van der Waals surface area contributed by atoms with Gasteiger partial charge in [-0.2, -0.15) is 0 Å². The van der Waals surface area contributed by atoms with Crippen molar-refractivity contribution in [2.45, 2.75) is 0 Å². The second kappa shape index (κ2) is 8.33. The topological polar surface area (TPSA) is 38.3 Å². The van der Waals surface area contributed by atoms with E-state index in [1.807, 2.05) is 30.3 Å². The first-order chi connectivity index (χ1) is 10.6. The van der Waals surface area contributed by atoms with E-state index >= 15 is 0 Å². The van der Waals surface area contributed by atoms with Crippen LogP contribution >= 0.6 is 23.2 Å². The molecular weight excluding hydrogens is 321 g/mol. The average Bonchev–Trinajstić information content (AvgIpc) is 2.52. The Morgan fingerprint density at radius 1 is 1.14 bits per heavy atom. The third-order valence-electron chi connectivity index (χ3n) is 2.63. The monoisotopic (exact) mass is 333 g/mol. The van der Waals surface area contributed by atoms with Gasteiger partial charge < -0.3 is 10.1 Å². The molecule has 5 heteroatoms. The minimum absolute atomic E-state index is 0.131. The van der Waals surface area contributed by atoms with E-state index in [2.05, 4.69) is 17.2 Å². The molecule has 0 radical (unpaired) electrons. The number of hydrogen-bond acceptors (Lipinski definition) is 2. The van der Waals surface area contributed by atoms with Gasteiger partial charge in [0.1, 0.15) is 5.75 Å². The van der Waals surface area contributed by atoms with Crippen LogP contribution in [0.4, 0.5) is 0 Å². The maximum absolute atomic E-state index is 11.6. The molecule has 2 aromatic rings. The van der Waals surface area contributed by atoms with Crippen molar-refractivity contribution in [2.75, 3.05) is 13.2 Å². The van der Waals surface area contributed by atoms with Crippen LogP contribution in [0.5, 0.6) is 5.75 Å². The molecule has 0 aromatic heterocycles. The fourth-order valence-corrected chi connectivity index (χ4v) is 2.06. The SMILES string of the molecule is O=C(COc1ccc(Cl)cc1Cl)NCC#Cc1ccccc1. The average molecular weight is 334 g/mol. The van der Waals surface area contributed by atoms with Gasteiger partial charge in [0.25, 0.3) is 5.91 Å². The molecule has 0 fully saturated rings. The summed E-state index contributed by atoms with van der Waals surface area (Å²) in [6.45, 7) is 0.125. The van der Waals surface area contributed by atoms with Gasteiger partial charge in [-0.1, -0.05) is 53.2 Å². The summed E-state index contributed by atoms with van der Waals surface area (Å²) in [5, 5.41) is 3.52. The highest BCUT2D eigenvalue weighted by atomic mass is 35.5. The molecule has 112 valence electrons. The van der Waals surface area contributed by atoms with Crippen molar-refractivity contribution in [3.63, 3.8) is 0 Å². The number of hydrogen-bond donors (Lipinski definition) is 1. The van der Waals surface area contributed by atoms with E-state index in [0.717, 1.165) is 5.56 Å². The first kappa shape index (κ1) is 16.2. The van der Waals surface area contributed by atoms with E-state index in [4.69, 9.17) is 27.9 Å². The molecule has 0 saturated heterocycles. The molecule has 0 aliphatic heterocycles. The van der Waals surface area contributed by atoms with Gasteiger partial charge in [-0.25, -0.2) is 0 Å². The lowest BCUT2D eigenvalue weighted by Crippen LogP contribution is -2.29. The quantitative estimate of drug-likeness (QED) is 0.869. The van der Waals surface area contributed by atoms with Crippen LogP contribution in [0.2, 0.25) is 10.0 Å². The smallest absolute Gasteiger partial charge is 0.258 e. The van der Waals surface area contributed by atoms with Gasteiger partial charge in [-0.05, 0) is 30.3 Å². The Kier molecular flexibility index (Phi) is 6.14. The molecule has 22 heavy (non-hydrogen) atoms. The first-order valence-corrected chi connectivity index (χ1v) is 7.29. The molecule has 1 N–H and O–H groups in total. The Balaban J connectivity index is 1.76. The number of benzene rings is 2. The second-order valence-corrected chi connectivity index (χ2v) is 5.15. The summed E-state index contributed by atoms with van der Waals surface area (Å²) in [5.41, 5.74) is 0.904. The summed E-state index contributed by atoms with van der Waals surface area (Å²) < 4.78 is 5.32. The summed E-state index contributed by atoms with van der Waals surface area (Å²) in [6, 6.07) is 14.4. The van der Waals surface area contributed by atoms with Crippen LogP contribution in [0.1, 0.15) is 5.56 Å². The Hall–Kier alpha value is -2.15. The Morgan fingerprint density at radius 3 is 2.64 bits per heavy atom. The van der Waals surface area contributed by atoms with E-state index in [9.17, 15) is 4.79 Å². The van der Waals surface area contributed by atoms with Crippen LogP contribution in [0.3, 0.4) is 0 Å². The van der Waals surface area contributed by atoms with Crippen molar-refractivity contribution in [2.24, 2.45) is 0 Å². The van der Waals surface area contributed by atoms with Gasteiger partial charge in [0.2, 0.25) is 0 Å². The van der Waals surface area contributed by atoms with Gasteiger partial charge in [-0.15, -0.1) is 0 Å². The third kappa shape index (κ3) is 5.33. The molecule has 0 unspecified atom stereocenters. The number of carbonyl (C=O) groups is 1. The van der Waals surface area contributed by atoms with Crippen molar-refractivity contribution in [1.82, 2.24) is 5.32 Å². The molecule has 0 spiro atoms. The molecule has 2 aromatic carbocycles. The van der Waals surface area contributed by atoms with Crippen LogP contribution in [0, 0.1) is 11.8 Å². The van der Waals surface area contributed by atoms with Crippen LogP contribution < -0.4 is 10.1 Å². The van der Waals surface area contributed by atoms with Crippen molar-refractivity contribution in [3.05, 3.63) is 64.1 Å². The normalized spacial score (nSPS) is 9.55. The van der Waals surface area contributed by atoms with Gasteiger partial charge in [0, 0.05) is 10.6 Å². The molecule has 0 aliphatic rings. The molecule has 0 aliphatic carbocycles. The lowest BCUT2D eigenvalue weighted by atomic mass is 10.2. The van der Waals surface area contributed by atoms with Crippen LogP contribution in [-0.2, 0) is 4.79 Å². The molecule has 1 amide bonds. The highest BCUT2D eigenvalue weighted by Gasteiger charge is 2.05. The van der Waals surface area contributed by atoms with Crippen molar-refractivity contribution >= 4 is 29.1 Å². The van der Waals surface area contributed by atoms with Crippen molar-refractivity contribution in [3.8, 4) is 17.6 Å². The van der Waals surface area contributed by atoms with Gasteiger partial charge in [-0.3, -0.25) is 4.79 Å². The fraction of sp³-hybridized carbons (Fsp3) is 0.118. The predicted octanol–water partition coefficient (Wildman–Crippen LogP) is 3.54. The zero-order valence-electron chi connectivity index (χ0n) is 11.6. The maximum Gasteiger partial charge on any atom is 0.258 e. The van der Waals surface area contributed by atoms with Crippen molar-refractivity contribution < 1.29 is 9.53 Å². The predicted molar refractivity (Wildman–Crippen MR) is 88.3 cm³/mol. The Labute approximate surface area is 139 Å². The van der Waals surface area contributed by atoms with E-state index in [1.165, 1.54) is 0 Å². The van der Waals surface area contributed by atoms with E-state index in [1.54, 1.807) is 18.2 Å². The highest BCUT2D eigenvalue weighted by molar-refractivity contribution is 6.35. The van der Waals surface area contributed by atoms with Crippen LogP contribution in [0.15, 0.2) is 48.5 Å². The number of carbonyl (C=O) groups excluding carboxylic acids is 1. The highest BCUT2D eigenvalue weighted by Crippen LogP contribution is 2.27. The Morgan fingerprint density at radius 2 is 1.91 bits per heavy atom. The third-order valence-corrected chi connectivity index (χ3v) is 3.16. The van der Waals surface area contributed by atoms with E-state index < -0.39 is 0 Å². The zero-order valence-corrected chi connectivity index (χ0v) is 13.1. The molecular formula is C17H13Cl2NO2.